The van der Waals surface area contributed by atoms with E-state index in [1.807, 2.05) is 12.1 Å². The molecule has 0 bridgehead atoms. The molecule has 1 aromatic rings. The molecule has 0 aliphatic heterocycles. The van der Waals surface area contributed by atoms with Crippen LogP contribution in [0, 0.1) is 6.57 Å². The number of rotatable bonds is 2. The summed E-state index contributed by atoms with van der Waals surface area (Å²) in [7, 11) is 0. The molecule has 2 rings (SSSR count). The lowest BCUT2D eigenvalue weighted by atomic mass is 9.79. The third kappa shape index (κ3) is 1.83. The standard InChI is InChI=1S/C13H15NO/c1-14-10-13(8-2-3-9-13)11-4-6-12(15)7-5-11/h4-7,15H,2-3,8-10H2. The van der Waals surface area contributed by atoms with Gasteiger partial charge in [-0.05, 0) is 30.5 Å². The van der Waals surface area contributed by atoms with Crippen LogP contribution in [-0.4, -0.2) is 11.7 Å². The van der Waals surface area contributed by atoms with Gasteiger partial charge in [0.05, 0.1) is 5.41 Å². The highest BCUT2D eigenvalue weighted by molar-refractivity contribution is 5.33. The van der Waals surface area contributed by atoms with Gasteiger partial charge in [-0.25, -0.2) is 6.57 Å². The molecule has 1 aliphatic carbocycles. The lowest BCUT2D eigenvalue weighted by molar-refractivity contribution is 0.465. The van der Waals surface area contributed by atoms with Gasteiger partial charge in [-0.15, -0.1) is 0 Å². The molecule has 78 valence electrons. The number of nitrogens with zero attached hydrogens (tertiary/aromatic N) is 1. The first-order valence-electron chi connectivity index (χ1n) is 5.40. The first-order chi connectivity index (χ1) is 7.27. The summed E-state index contributed by atoms with van der Waals surface area (Å²) in [5, 5.41) is 9.25. The molecule has 0 spiro atoms. The van der Waals surface area contributed by atoms with Crippen molar-refractivity contribution in [2.75, 3.05) is 6.54 Å². The summed E-state index contributed by atoms with van der Waals surface area (Å²) in [6.45, 7) is 7.64. The second-order valence-electron chi connectivity index (χ2n) is 4.35. The van der Waals surface area contributed by atoms with Gasteiger partial charge in [-0.1, -0.05) is 25.0 Å². The summed E-state index contributed by atoms with van der Waals surface area (Å²) in [4.78, 5) is 3.58. The molecular formula is C13H15NO. The van der Waals surface area contributed by atoms with Crippen molar-refractivity contribution in [1.82, 2.24) is 0 Å². The van der Waals surface area contributed by atoms with Crippen LogP contribution in [0.3, 0.4) is 0 Å². The highest BCUT2D eigenvalue weighted by Gasteiger charge is 2.38. The molecule has 1 fully saturated rings. The molecule has 1 aromatic carbocycles. The summed E-state index contributed by atoms with van der Waals surface area (Å²) < 4.78 is 0. The van der Waals surface area contributed by atoms with Crippen LogP contribution in [0.1, 0.15) is 31.2 Å². The Labute approximate surface area is 90.4 Å². The quantitative estimate of drug-likeness (QED) is 0.730. The Kier molecular flexibility index (Phi) is 2.64. The topological polar surface area (TPSA) is 24.6 Å². The van der Waals surface area contributed by atoms with Gasteiger partial charge in [0.2, 0.25) is 6.54 Å². The van der Waals surface area contributed by atoms with E-state index in [2.05, 4.69) is 4.85 Å². The van der Waals surface area contributed by atoms with E-state index < -0.39 is 0 Å². The monoisotopic (exact) mass is 201 g/mol. The SMILES string of the molecule is [C-]#[N+]CC1(c2ccc(O)cc2)CCCC1. The van der Waals surface area contributed by atoms with Crippen LogP contribution in [-0.2, 0) is 5.41 Å². The predicted octanol–water partition coefficient (Wildman–Crippen LogP) is 3.12. The van der Waals surface area contributed by atoms with Crippen LogP contribution in [0.5, 0.6) is 5.75 Å². The van der Waals surface area contributed by atoms with E-state index in [0.29, 0.717) is 12.3 Å². The van der Waals surface area contributed by atoms with Gasteiger partial charge in [0.25, 0.3) is 0 Å². The molecule has 0 aromatic heterocycles. The number of phenols is 1. The van der Waals surface area contributed by atoms with Crippen molar-refractivity contribution in [2.24, 2.45) is 0 Å². The zero-order chi connectivity index (χ0) is 10.7. The third-order valence-electron chi connectivity index (χ3n) is 3.42. The molecule has 0 unspecified atom stereocenters. The van der Waals surface area contributed by atoms with Crippen LogP contribution in [0.4, 0.5) is 0 Å². The van der Waals surface area contributed by atoms with Crippen LogP contribution in [0.15, 0.2) is 24.3 Å². The molecule has 0 amide bonds. The van der Waals surface area contributed by atoms with Crippen LogP contribution >= 0.6 is 0 Å². The highest BCUT2D eigenvalue weighted by atomic mass is 16.3. The van der Waals surface area contributed by atoms with Gasteiger partial charge < -0.3 is 9.95 Å². The van der Waals surface area contributed by atoms with Gasteiger partial charge in [0, 0.05) is 0 Å². The third-order valence-corrected chi connectivity index (χ3v) is 3.42. The lowest BCUT2D eigenvalue weighted by Crippen LogP contribution is -2.24. The van der Waals surface area contributed by atoms with Crippen LogP contribution < -0.4 is 0 Å². The van der Waals surface area contributed by atoms with Crippen molar-refractivity contribution in [3.05, 3.63) is 41.2 Å². The molecule has 0 atom stereocenters. The summed E-state index contributed by atoms with van der Waals surface area (Å²) in [5.74, 6) is 0.301. The Bertz CT molecular complexity index is 369. The number of phenolic OH excluding ortho intramolecular Hbond substituents is 1. The molecule has 1 saturated carbocycles. The normalized spacial score (nSPS) is 18.6. The molecule has 15 heavy (non-hydrogen) atoms. The summed E-state index contributed by atoms with van der Waals surface area (Å²) in [6.07, 6.45) is 4.66. The van der Waals surface area contributed by atoms with Gasteiger partial charge in [-0.3, -0.25) is 0 Å². The number of hydrogen-bond acceptors (Lipinski definition) is 1. The highest BCUT2D eigenvalue weighted by Crippen LogP contribution is 2.41. The lowest BCUT2D eigenvalue weighted by Gasteiger charge is -2.23. The Morgan fingerprint density at radius 3 is 2.33 bits per heavy atom. The van der Waals surface area contributed by atoms with Gasteiger partial charge >= 0.3 is 0 Å². The summed E-state index contributed by atoms with van der Waals surface area (Å²) in [6, 6.07) is 7.37. The first-order valence-corrected chi connectivity index (χ1v) is 5.40. The molecule has 1 N–H and O–H groups in total. The summed E-state index contributed by atoms with van der Waals surface area (Å²) in [5.41, 5.74) is 1.28. The van der Waals surface area contributed by atoms with Gasteiger partial charge in [0.15, 0.2) is 0 Å². The van der Waals surface area contributed by atoms with E-state index in [0.717, 1.165) is 12.8 Å². The Morgan fingerprint density at radius 2 is 1.80 bits per heavy atom. The Morgan fingerprint density at radius 1 is 1.20 bits per heavy atom. The molecule has 2 nitrogen and oxygen atoms in total. The van der Waals surface area contributed by atoms with Crippen molar-refractivity contribution in [3.63, 3.8) is 0 Å². The van der Waals surface area contributed by atoms with Gasteiger partial charge in [0.1, 0.15) is 5.75 Å². The minimum atomic E-state index is 0.0649. The van der Waals surface area contributed by atoms with E-state index in [1.165, 1.54) is 18.4 Å². The number of benzene rings is 1. The Hall–Kier alpha value is -1.49. The van der Waals surface area contributed by atoms with Crippen molar-refractivity contribution < 1.29 is 5.11 Å². The van der Waals surface area contributed by atoms with Crippen molar-refractivity contribution in [1.29, 1.82) is 0 Å². The van der Waals surface area contributed by atoms with E-state index >= 15 is 0 Å². The number of aromatic hydroxyl groups is 1. The van der Waals surface area contributed by atoms with Crippen LogP contribution in [0.25, 0.3) is 4.85 Å². The first kappa shape index (κ1) is 10.0. The molecular weight excluding hydrogens is 186 g/mol. The van der Waals surface area contributed by atoms with E-state index in [1.54, 1.807) is 12.1 Å². The predicted molar refractivity (Wildman–Crippen MR) is 59.7 cm³/mol. The maximum atomic E-state index is 9.25. The fraction of sp³-hybridized carbons (Fsp3) is 0.462. The molecule has 0 radical (unpaired) electrons. The maximum absolute atomic E-state index is 9.25. The molecule has 2 heteroatoms. The van der Waals surface area contributed by atoms with E-state index in [4.69, 9.17) is 6.57 Å². The second kappa shape index (κ2) is 3.94. The van der Waals surface area contributed by atoms with Crippen molar-refractivity contribution in [3.8, 4) is 5.75 Å². The summed E-state index contributed by atoms with van der Waals surface area (Å²) >= 11 is 0. The second-order valence-corrected chi connectivity index (χ2v) is 4.35. The zero-order valence-electron chi connectivity index (χ0n) is 8.74. The molecule has 0 heterocycles. The average molecular weight is 201 g/mol. The largest absolute Gasteiger partial charge is 0.508 e. The fourth-order valence-corrected chi connectivity index (χ4v) is 2.56. The van der Waals surface area contributed by atoms with Crippen molar-refractivity contribution >= 4 is 0 Å². The smallest absolute Gasteiger partial charge is 0.224 e. The minimum Gasteiger partial charge on any atom is -0.508 e. The van der Waals surface area contributed by atoms with E-state index in [9.17, 15) is 5.11 Å². The number of hydrogen-bond donors (Lipinski definition) is 1. The average Bonchev–Trinajstić information content (AvgIpc) is 2.69. The minimum absolute atomic E-state index is 0.0649. The van der Waals surface area contributed by atoms with Gasteiger partial charge in [-0.2, -0.15) is 0 Å². The molecule has 0 saturated heterocycles. The van der Waals surface area contributed by atoms with Crippen molar-refractivity contribution in [2.45, 2.75) is 31.1 Å². The maximum Gasteiger partial charge on any atom is 0.224 e. The van der Waals surface area contributed by atoms with Crippen LogP contribution in [0.2, 0.25) is 0 Å². The molecule has 1 aliphatic rings. The Balaban J connectivity index is 2.33. The fourth-order valence-electron chi connectivity index (χ4n) is 2.56. The van der Waals surface area contributed by atoms with E-state index in [-0.39, 0.29) is 5.41 Å². The zero-order valence-corrected chi connectivity index (χ0v) is 8.74.